The summed E-state index contributed by atoms with van der Waals surface area (Å²) in [5.41, 5.74) is 1.81. The topological polar surface area (TPSA) is 71.0 Å². The molecular weight excluding hydrogens is 486 g/mol. The molecule has 3 aliphatic rings. The average molecular weight is 518 g/mol. The number of nitrogens with zero attached hydrogens (tertiary/aromatic N) is 5. The average Bonchev–Trinajstić information content (AvgIpc) is 3.35. The van der Waals surface area contributed by atoms with E-state index in [-0.39, 0.29) is 5.91 Å². The van der Waals surface area contributed by atoms with Crippen LogP contribution in [0.15, 0.2) is 35.5 Å². The van der Waals surface area contributed by atoms with Crippen molar-refractivity contribution >= 4 is 35.1 Å². The molecule has 5 rings (SSSR count). The lowest BCUT2D eigenvalue weighted by Gasteiger charge is -2.37. The van der Waals surface area contributed by atoms with E-state index in [1.54, 1.807) is 11.8 Å². The molecule has 0 radical (unpaired) electrons. The number of thioether (sulfide) groups is 1. The summed E-state index contributed by atoms with van der Waals surface area (Å²) in [4.78, 5) is 28.7. The van der Waals surface area contributed by atoms with Gasteiger partial charge in [-0.3, -0.25) is 4.79 Å². The largest absolute Gasteiger partial charge is 0.354 e. The number of anilines is 1. The van der Waals surface area contributed by atoms with Gasteiger partial charge in [0.1, 0.15) is 11.0 Å². The molecule has 0 unspecified atom stereocenters. The number of aromatic nitrogens is 2. The monoisotopic (exact) mass is 517 g/mol. The molecule has 35 heavy (non-hydrogen) atoms. The SMILES string of the molecule is CCN1CCN(c2cc(Cl)nc(SCc3ccc(C(=O)N4CCC5(CC4)OCCO5)cc3)n2)CC1. The van der Waals surface area contributed by atoms with Gasteiger partial charge >= 0.3 is 0 Å². The zero-order chi connectivity index (χ0) is 24.3. The first-order valence-corrected chi connectivity index (χ1v) is 13.7. The van der Waals surface area contributed by atoms with Crippen molar-refractivity contribution < 1.29 is 14.3 Å². The summed E-state index contributed by atoms with van der Waals surface area (Å²) in [5.74, 6) is 1.19. The van der Waals surface area contributed by atoms with E-state index in [2.05, 4.69) is 21.7 Å². The van der Waals surface area contributed by atoms with Crippen LogP contribution in [0.25, 0.3) is 0 Å². The van der Waals surface area contributed by atoms with Gasteiger partial charge in [-0.05, 0) is 24.2 Å². The van der Waals surface area contributed by atoms with Crippen LogP contribution in [0.4, 0.5) is 5.82 Å². The molecule has 0 saturated carbocycles. The van der Waals surface area contributed by atoms with Gasteiger partial charge in [0.05, 0.1) is 13.2 Å². The van der Waals surface area contributed by atoms with Crippen LogP contribution in [0.2, 0.25) is 5.15 Å². The van der Waals surface area contributed by atoms with Crippen LogP contribution in [0, 0.1) is 0 Å². The fourth-order valence-corrected chi connectivity index (χ4v) is 5.85. The number of amides is 1. The Balaban J connectivity index is 1.15. The van der Waals surface area contributed by atoms with E-state index in [9.17, 15) is 4.79 Å². The fraction of sp³-hybridized carbons (Fsp3) is 0.560. The molecule has 1 amide bonds. The summed E-state index contributed by atoms with van der Waals surface area (Å²) in [7, 11) is 0. The molecule has 0 bridgehead atoms. The maximum absolute atomic E-state index is 13.0. The molecule has 0 N–H and O–H groups in total. The highest BCUT2D eigenvalue weighted by Gasteiger charge is 2.40. The molecule has 4 heterocycles. The van der Waals surface area contributed by atoms with Crippen LogP contribution in [0.3, 0.4) is 0 Å². The number of carbonyl (C=O) groups is 1. The second-order valence-corrected chi connectivity index (χ2v) is 10.5. The normalized spacial score (nSPS) is 20.5. The Labute approximate surface area is 215 Å². The lowest BCUT2D eigenvalue weighted by atomic mass is 10.0. The van der Waals surface area contributed by atoms with Crippen LogP contribution in [-0.2, 0) is 15.2 Å². The number of hydrogen-bond donors (Lipinski definition) is 0. The predicted molar refractivity (Wildman–Crippen MR) is 137 cm³/mol. The van der Waals surface area contributed by atoms with Gasteiger partial charge in [-0.2, -0.15) is 0 Å². The summed E-state index contributed by atoms with van der Waals surface area (Å²) >= 11 is 7.87. The summed E-state index contributed by atoms with van der Waals surface area (Å²) in [6.45, 7) is 9.81. The Bertz CT molecular complexity index is 1020. The summed E-state index contributed by atoms with van der Waals surface area (Å²) in [5, 5.41) is 1.14. The van der Waals surface area contributed by atoms with Crippen molar-refractivity contribution in [1.29, 1.82) is 0 Å². The number of rotatable bonds is 6. The standard InChI is InChI=1S/C25H32ClN5O3S/c1-2-29-11-13-30(14-12-29)22-17-21(26)27-24(28-22)35-18-19-3-5-20(6-4-19)23(32)31-9-7-25(8-10-31)33-15-16-34-25/h3-6,17H,2,7-16,18H2,1H3. The molecule has 188 valence electrons. The summed E-state index contributed by atoms with van der Waals surface area (Å²) in [6, 6.07) is 9.67. The third kappa shape index (κ3) is 5.91. The van der Waals surface area contributed by atoms with Gasteiger partial charge in [0.25, 0.3) is 5.91 Å². The van der Waals surface area contributed by atoms with Gasteiger partial charge in [-0.1, -0.05) is 42.4 Å². The third-order valence-corrected chi connectivity index (χ3v) is 8.11. The maximum atomic E-state index is 13.0. The van der Waals surface area contributed by atoms with Crippen molar-refractivity contribution in [3.8, 4) is 0 Å². The third-order valence-electron chi connectivity index (χ3n) is 7.00. The van der Waals surface area contributed by atoms with Crippen LogP contribution >= 0.6 is 23.4 Å². The Morgan fingerprint density at radius 2 is 1.71 bits per heavy atom. The number of likely N-dealkylation sites (tertiary alicyclic amines) is 1. The van der Waals surface area contributed by atoms with Crippen molar-refractivity contribution in [2.75, 3.05) is 63.9 Å². The van der Waals surface area contributed by atoms with Crippen LogP contribution < -0.4 is 4.90 Å². The number of ether oxygens (including phenoxy) is 2. The Morgan fingerprint density at radius 1 is 1.03 bits per heavy atom. The number of hydrogen-bond acceptors (Lipinski definition) is 8. The van der Waals surface area contributed by atoms with Crippen molar-refractivity contribution in [1.82, 2.24) is 19.8 Å². The molecule has 1 spiro atoms. The molecule has 8 nitrogen and oxygen atoms in total. The van der Waals surface area contributed by atoms with E-state index in [1.807, 2.05) is 35.2 Å². The molecule has 3 aliphatic heterocycles. The highest BCUT2D eigenvalue weighted by molar-refractivity contribution is 7.98. The lowest BCUT2D eigenvalue weighted by Crippen LogP contribution is -2.47. The van der Waals surface area contributed by atoms with Gasteiger partial charge < -0.3 is 24.2 Å². The maximum Gasteiger partial charge on any atom is 0.253 e. The van der Waals surface area contributed by atoms with E-state index in [4.69, 9.17) is 26.1 Å². The molecule has 0 atom stereocenters. The van der Waals surface area contributed by atoms with Crippen molar-refractivity contribution in [2.45, 2.75) is 36.5 Å². The smallest absolute Gasteiger partial charge is 0.253 e. The predicted octanol–water partition coefficient (Wildman–Crippen LogP) is 3.54. The first-order valence-electron chi connectivity index (χ1n) is 12.3. The minimum Gasteiger partial charge on any atom is -0.354 e. The number of piperidine rings is 1. The Morgan fingerprint density at radius 3 is 2.37 bits per heavy atom. The molecule has 1 aromatic carbocycles. The van der Waals surface area contributed by atoms with E-state index in [1.165, 1.54) is 0 Å². The molecular formula is C25H32ClN5O3S. The molecule has 1 aromatic heterocycles. The Kier molecular flexibility index (Phi) is 7.79. The molecule has 2 aromatic rings. The second-order valence-electron chi connectivity index (χ2n) is 9.14. The minimum absolute atomic E-state index is 0.0584. The lowest BCUT2D eigenvalue weighted by molar-refractivity contribution is -0.181. The van der Waals surface area contributed by atoms with E-state index >= 15 is 0 Å². The fourth-order valence-electron chi connectivity index (χ4n) is 4.82. The molecule has 3 saturated heterocycles. The Hall–Kier alpha value is -1.91. The first kappa shape index (κ1) is 24.8. The van der Waals surface area contributed by atoms with Gasteiger partial charge in [-0.15, -0.1) is 0 Å². The quantitative estimate of drug-likeness (QED) is 0.327. The van der Waals surface area contributed by atoms with Crippen LogP contribution in [0.5, 0.6) is 0 Å². The van der Waals surface area contributed by atoms with E-state index < -0.39 is 5.79 Å². The van der Waals surface area contributed by atoms with Crippen molar-refractivity contribution in [2.24, 2.45) is 0 Å². The van der Waals surface area contributed by atoms with Crippen molar-refractivity contribution in [3.63, 3.8) is 0 Å². The highest BCUT2D eigenvalue weighted by atomic mass is 35.5. The molecule has 10 heteroatoms. The number of benzene rings is 1. The van der Waals surface area contributed by atoms with Crippen molar-refractivity contribution in [3.05, 3.63) is 46.6 Å². The summed E-state index contributed by atoms with van der Waals surface area (Å²) < 4.78 is 11.5. The zero-order valence-electron chi connectivity index (χ0n) is 20.1. The minimum atomic E-state index is -0.468. The number of carbonyl (C=O) groups excluding carboxylic acids is 1. The zero-order valence-corrected chi connectivity index (χ0v) is 21.7. The molecule has 3 fully saturated rings. The second kappa shape index (κ2) is 11.0. The van der Waals surface area contributed by atoms with Gasteiger partial charge in [-0.25, -0.2) is 9.97 Å². The van der Waals surface area contributed by atoms with Gasteiger partial charge in [0.2, 0.25) is 0 Å². The van der Waals surface area contributed by atoms with Crippen LogP contribution in [-0.4, -0.2) is 90.5 Å². The van der Waals surface area contributed by atoms with E-state index in [0.717, 1.165) is 56.9 Å². The van der Waals surface area contributed by atoms with Gasteiger partial charge in [0.15, 0.2) is 10.9 Å². The van der Waals surface area contributed by atoms with Gasteiger partial charge in [0, 0.05) is 69.5 Å². The number of likely N-dealkylation sites (N-methyl/N-ethyl adjacent to an activating group) is 1. The number of piperazine rings is 1. The molecule has 0 aliphatic carbocycles. The summed E-state index contributed by atoms with van der Waals surface area (Å²) in [6.07, 6.45) is 1.45. The number of halogens is 1. The van der Waals surface area contributed by atoms with Crippen LogP contribution in [0.1, 0.15) is 35.7 Å². The highest BCUT2D eigenvalue weighted by Crippen LogP contribution is 2.32. The van der Waals surface area contributed by atoms with E-state index in [0.29, 0.717) is 47.9 Å². The first-order chi connectivity index (χ1) is 17.0.